The van der Waals surface area contributed by atoms with Gasteiger partial charge in [-0.05, 0) is 42.0 Å². The fourth-order valence-electron chi connectivity index (χ4n) is 2.46. The van der Waals surface area contributed by atoms with Crippen molar-refractivity contribution < 1.29 is 14.0 Å². The van der Waals surface area contributed by atoms with Crippen LogP contribution >= 0.6 is 11.8 Å². The van der Waals surface area contributed by atoms with E-state index >= 15 is 0 Å². The average Bonchev–Trinajstić information content (AvgIpc) is 2.63. The number of halogens is 1. The first-order valence-electron chi connectivity index (χ1n) is 8.51. The summed E-state index contributed by atoms with van der Waals surface area (Å²) in [5.74, 6) is 0.329. The lowest BCUT2D eigenvalue weighted by molar-refractivity contribution is -0.122. The molecule has 0 aromatic heterocycles. The molecule has 0 aliphatic carbocycles. The first kappa shape index (κ1) is 20.0. The summed E-state index contributed by atoms with van der Waals surface area (Å²) in [6.07, 6.45) is 1.01. The number of thioether (sulfide) groups is 1. The largest absolute Gasteiger partial charge is 0.356 e. The van der Waals surface area contributed by atoms with E-state index in [0.29, 0.717) is 6.54 Å². The van der Waals surface area contributed by atoms with Crippen LogP contribution in [0, 0.1) is 5.82 Å². The Kier molecular flexibility index (Phi) is 8.15. The number of amides is 2. The Balaban J connectivity index is 1.72. The molecule has 0 saturated carbocycles. The summed E-state index contributed by atoms with van der Waals surface area (Å²) in [4.78, 5) is 24.6. The van der Waals surface area contributed by atoms with Gasteiger partial charge in [0.15, 0.2) is 0 Å². The molecule has 6 heteroatoms. The molecule has 0 heterocycles. The third-order valence-electron chi connectivity index (χ3n) is 3.69. The monoisotopic (exact) mass is 374 g/mol. The first-order valence-corrected chi connectivity index (χ1v) is 9.50. The van der Waals surface area contributed by atoms with Gasteiger partial charge in [-0.3, -0.25) is 9.59 Å². The zero-order valence-electron chi connectivity index (χ0n) is 14.7. The molecule has 0 aliphatic heterocycles. The van der Waals surface area contributed by atoms with Gasteiger partial charge in [-0.25, -0.2) is 4.39 Å². The van der Waals surface area contributed by atoms with Crippen LogP contribution < -0.4 is 10.6 Å². The van der Waals surface area contributed by atoms with Crippen molar-refractivity contribution in [2.45, 2.75) is 30.7 Å². The van der Waals surface area contributed by atoms with Crippen molar-refractivity contribution in [3.05, 3.63) is 66.0 Å². The van der Waals surface area contributed by atoms with Gasteiger partial charge in [0.1, 0.15) is 5.82 Å². The first-order chi connectivity index (χ1) is 12.5. The van der Waals surface area contributed by atoms with Gasteiger partial charge in [0.2, 0.25) is 11.8 Å². The fraction of sp³-hybridized carbons (Fsp3) is 0.300. The zero-order valence-corrected chi connectivity index (χ0v) is 15.5. The molecule has 0 saturated heterocycles. The normalized spacial score (nSPS) is 11.6. The second kappa shape index (κ2) is 10.6. The molecule has 2 rings (SSSR count). The van der Waals surface area contributed by atoms with Gasteiger partial charge in [-0.2, -0.15) is 0 Å². The van der Waals surface area contributed by atoms with Crippen molar-refractivity contribution in [1.29, 1.82) is 0 Å². The van der Waals surface area contributed by atoms with Gasteiger partial charge in [0, 0.05) is 18.4 Å². The summed E-state index contributed by atoms with van der Waals surface area (Å²) >= 11 is 1.63. The van der Waals surface area contributed by atoms with Crippen molar-refractivity contribution in [3.8, 4) is 0 Å². The van der Waals surface area contributed by atoms with Gasteiger partial charge in [-0.1, -0.05) is 30.3 Å². The van der Waals surface area contributed by atoms with Crippen LogP contribution in [0.25, 0.3) is 0 Å². The van der Waals surface area contributed by atoms with Gasteiger partial charge in [0.05, 0.1) is 12.5 Å². The third kappa shape index (κ3) is 7.27. The number of benzene rings is 2. The van der Waals surface area contributed by atoms with Crippen molar-refractivity contribution in [2.75, 3.05) is 12.3 Å². The molecular weight excluding hydrogens is 351 g/mol. The Hall–Kier alpha value is -2.34. The third-order valence-corrected chi connectivity index (χ3v) is 4.79. The van der Waals surface area contributed by atoms with E-state index in [2.05, 4.69) is 10.6 Å². The molecule has 0 radical (unpaired) electrons. The Morgan fingerprint density at radius 3 is 2.42 bits per heavy atom. The van der Waals surface area contributed by atoms with Crippen LogP contribution in [0.15, 0.2) is 59.5 Å². The summed E-state index contributed by atoms with van der Waals surface area (Å²) in [5.41, 5.74) is 0.907. The lowest BCUT2D eigenvalue weighted by Gasteiger charge is -2.18. The van der Waals surface area contributed by atoms with Crippen molar-refractivity contribution in [2.24, 2.45) is 0 Å². The maximum Gasteiger partial charge on any atom is 0.222 e. The molecule has 2 amide bonds. The molecule has 2 aromatic carbocycles. The Labute approximate surface area is 157 Å². The predicted octanol–water partition coefficient (Wildman–Crippen LogP) is 3.69. The van der Waals surface area contributed by atoms with Gasteiger partial charge in [-0.15, -0.1) is 11.8 Å². The van der Waals surface area contributed by atoms with Gasteiger partial charge >= 0.3 is 0 Å². The highest BCUT2D eigenvalue weighted by atomic mass is 32.2. The molecule has 4 nitrogen and oxygen atoms in total. The van der Waals surface area contributed by atoms with Crippen LogP contribution in [0.4, 0.5) is 4.39 Å². The van der Waals surface area contributed by atoms with Gasteiger partial charge < -0.3 is 10.6 Å². The maximum atomic E-state index is 12.8. The minimum atomic E-state index is -0.331. The predicted molar refractivity (Wildman–Crippen MR) is 102 cm³/mol. The highest BCUT2D eigenvalue weighted by molar-refractivity contribution is 7.99. The molecule has 2 aromatic rings. The molecular formula is C20H23FN2O2S. The van der Waals surface area contributed by atoms with Crippen LogP contribution in [-0.4, -0.2) is 24.1 Å². The molecule has 1 unspecified atom stereocenters. The number of hydrogen-bond donors (Lipinski definition) is 2. The van der Waals surface area contributed by atoms with Crippen molar-refractivity contribution >= 4 is 23.6 Å². The standard InChI is InChI=1S/C20H23FN2O2S/c1-15(24)23-19(16-6-3-2-4-7-16)14-20(25)22-12-5-13-26-18-10-8-17(21)9-11-18/h2-4,6-11,19H,5,12-14H2,1H3,(H,22,25)(H,23,24). The number of hydrogen-bond acceptors (Lipinski definition) is 3. The van der Waals surface area contributed by atoms with E-state index in [-0.39, 0.29) is 30.1 Å². The molecule has 0 fully saturated rings. The number of carbonyl (C=O) groups excluding carboxylic acids is 2. The van der Waals surface area contributed by atoms with Crippen molar-refractivity contribution in [1.82, 2.24) is 10.6 Å². The minimum absolute atomic E-state index is 0.0978. The summed E-state index contributed by atoms with van der Waals surface area (Å²) in [5, 5.41) is 5.71. The Morgan fingerprint density at radius 2 is 1.77 bits per heavy atom. The second-order valence-electron chi connectivity index (χ2n) is 5.87. The molecule has 0 bridgehead atoms. The molecule has 138 valence electrons. The summed E-state index contributed by atoms with van der Waals surface area (Å²) in [6.45, 7) is 2.01. The summed E-state index contributed by atoms with van der Waals surface area (Å²) in [7, 11) is 0. The highest BCUT2D eigenvalue weighted by Gasteiger charge is 2.16. The average molecular weight is 374 g/mol. The smallest absolute Gasteiger partial charge is 0.222 e. The summed E-state index contributed by atoms with van der Waals surface area (Å²) in [6, 6.07) is 15.5. The highest BCUT2D eigenvalue weighted by Crippen LogP contribution is 2.19. The topological polar surface area (TPSA) is 58.2 Å². The fourth-order valence-corrected chi connectivity index (χ4v) is 3.31. The lowest BCUT2D eigenvalue weighted by atomic mass is 10.0. The molecule has 0 spiro atoms. The molecule has 0 aliphatic rings. The number of carbonyl (C=O) groups is 2. The van der Waals surface area contributed by atoms with Crippen LogP contribution in [-0.2, 0) is 9.59 Å². The van der Waals surface area contributed by atoms with Crippen molar-refractivity contribution in [3.63, 3.8) is 0 Å². The van der Waals surface area contributed by atoms with Crippen LogP contribution in [0.3, 0.4) is 0 Å². The van der Waals surface area contributed by atoms with E-state index in [1.165, 1.54) is 19.1 Å². The minimum Gasteiger partial charge on any atom is -0.356 e. The van der Waals surface area contributed by atoms with E-state index in [4.69, 9.17) is 0 Å². The van der Waals surface area contributed by atoms with E-state index < -0.39 is 0 Å². The van der Waals surface area contributed by atoms with E-state index in [1.807, 2.05) is 30.3 Å². The van der Waals surface area contributed by atoms with E-state index in [1.54, 1.807) is 23.9 Å². The Morgan fingerprint density at radius 1 is 1.08 bits per heavy atom. The maximum absolute atomic E-state index is 12.8. The molecule has 1 atom stereocenters. The quantitative estimate of drug-likeness (QED) is 0.520. The molecule has 2 N–H and O–H groups in total. The molecule has 26 heavy (non-hydrogen) atoms. The van der Waals surface area contributed by atoms with E-state index in [0.717, 1.165) is 22.6 Å². The van der Waals surface area contributed by atoms with Crippen LogP contribution in [0.1, 0.15) is 31.4 Å². The summed E-state index contributed by atoms with van der Waals surface area (Å²) < 4.78 is 12.8. The Bertz CT molecular complexity index is 708. The second-order valence-corrected chi connectivity index (χ2v) is 7.04. The van der Waals surface area contributed by atoms with Crippen LogP contribution in [0.2, 0.25) is 0 Å². The van der Waals surface area contributed by atoms with E-state index in [9.17, 15) is 14.0 Å². The lowest BCUT2D eigenvalue weighted by Crippen LogP contribution is -2.33. The van der Waals surface area contributed by atoms with Gasteiger partial charge in [0.25, 0.3) is 0 Å². The SMILES string of the molecule is CC(=O)NC(CC(=O)NCCCSc1ccc(F)cc1)c1ccccc1. The number of rotatable bonds is 9. The zero-order chi connectivity index (χ0) is 18.8. The van der Waals surface area contributed by atoms with Crippen LogP contribution in [0.5, 0.6) is 0 Å². The number of nitrogens with one attached hydrogen (secondary N) is 2.